The number of fused-ring (bicyclic) bond motifs is 1. The number of hydrogen-bond acceptors (Lipinski definition) is 4. The number of rotatable bonds is 6. The molecular weight excluding hydrogens is 356 g/mol. The highest BCUT2D eigenvalue weighted by Crippen LogP contribution is 2.27. The molecule has 7 nitrogen and oxygen atoms in total. The number of amides is 2. The third kappa shape index (κ3) is 4.65. The topological polar surface area (TPSA) is 77.7 Å². The number of methoxy groups -OCH3 is 1. The second kappa shape index (κ2) is 8.65. The molecule has 0 aliphatic carbocycles. The molecule has 3 rings (SSSR count). The summed E-state index contributed by atoms with van der Waals surface area (Å²) in [6.07, 6.45) is 0.368. The highest BCUT2D eigenvalue weighted by atomic mass is 16.5. The summed E-state index contributed by atoms with van der Waals surface area (Å²) in [4.78, 5) is 32.1. The summed E-state index contributed by atoms with van der Waals surface area (Å²) in [5.74, 6) is 0.949. The van der Waals surface area contributed by atoms with Gasteiger partial charge in [0.15, 0.2) is 0 Å². The van der Waals surface area contributed by atoms with Gasteiger partial charge in [0.2, 0.25) is 11.8 Å². The third-order valence-electron chi connectivity index (χ3n) is 5.20. The van der Waals surface area contributed by atoms with Gasteiger partial charge < -0.3 is 19.9 Å². The highest BCUT2D eigenvalue weighted by Gasteiger charge is 2.24. The minimum atomic E-state index is 0.0399. The number of piperazine rings is 1. The van der Waals surface area contributed by atoms with E-state index in [0.29, 0.717) is 26.1 Å². The van der Waals surface area contributed by atoms with Crippen molar-refractivity contribution >= 4 is 22.7 Å². The van der Waals surface area contributed by atoms with Gasteiger partial charge in [-0.15, -0.1) is 0 Å². The number of nitrogens with one attached hydrogen (secondary N) is 2. The van der Waals surface area contributed by atoms with Crippen LogP contribution in [0.25, 0.3) is 10.9 Å². The Labute approximate surface area is 166 Å². The summed E-state index contributed by atoms with van der Waals surface area (Å²) < 4.78 is 5.33. The molecule has 2 N–H and O–H groups in total. The molecule has 2 heterocycles. The van der Waals surface area contributed by atoms with Gasteiger partial charge in [0.1, 0.15) is 5.75 Å². The van der Waals surface area contributed by atoms with Crippen LogP contribution in [0.15, 0.2) is 18.2 Å². The van der Waals surface area contributed by atoms with E-state index >= 15 is 0 Å². The molecule has 2 aromatic rings. The van der Waals surface area contributed by atoms with Crippen LogP contribution in [-0.2, 0) is 16.0 Å². The third-order valence-corrected chi connectivity index (χ3v) is 5.20. The quantitative estimate of drug-likeness (QED) is 0.792. The lowest BCUT2D eigenvalue weighted by molar-refractivity contribution is -0.132. The molecule has 0 unspecified atom stereocenters. The van der Waals surface area contributed by atoms with Gasteiger partial charge in [-0.2, -0.15) is 0 Å². The molecule has 1 aromatic heterocycles. The lowest BCUT2D eigenvalue weighted by Crippen LogP contribution is -2.51. The number of aromatic amines is 1. The summed E-state index contributed by atoms with van der Waals surface area (Å²) in [6, 6.07) is 6.02. The number of aryl methyl sites for hydroxylation is 1. The monoisotopic (exact) mass is 386 g/mol. The van der Waals surface area contributed by atoms with Gasteiger partial charge in [0, 0.05) is 48.8 Å². The number of aromatic nitrogens is 1. The molecule has 1 saturated heterocycles. The normalized spacial score (nSPS) is 15.2. The van der Waals surface area contributed by atoms with Crippen molar-refractivity contribution in [3.05, 3.63) is 29.5 Å². The molecule has 1 aliphatic heterocycles. The number of H-pyrrole nitrogens is 1. The van der Waals surface area contributed by atoms with Gasteiger partial charge in [-0.25, -0.2) is 0 Å². The largest absolute Gasteiger partial charge is 0.497 e. The summed E-state index contributed by atoms with van der Waals surface area (Å²) in [5, 5.41) is 3.95. The SMILES string of the molecule is COc1ccc2[nH]c(C)c(CC(=O)N3CCN(CC(=O)NC(C)C)CC3)c2c1. The van der Waals surface area contributed by atoms with E-state index in [1.807, 2.05) is 43.9 Å². The Hall–Kier alpha value is -2.54. The van der Waals surface area contributed by atoms with E-state index in [0.717, 1.165) is 41.0 Å². The Bertz CT molecular complexity index is 851. The van der Waals surface area contributed by atoms with E-state index in [9.17, 15) is 9.59 Å². The molecule has 0 spiro atoms. The van der Waals surface area contributed by atoms with Gasteiger partial charge in [0.05, 0.1) is 20.1 Å². The predicted octanol–water partition coefficient (Wildman–Crippen LogP) is 1.70. The molecule has 2 amide bonds. The van der Waals surface area contributed by atoms with Crippen LogP contribution in [0.1, 0.15) is 25.1 Å². The van der Waals surface area contributed by atoms with Crippen LogP contribution in [0.2, 0.25) is 0 Å². The molecule has 1 fully saturated rings. The van der Waals surface area contributed by atoms with E-state index in [-0.39, 0.29) is 17.9 Å². The Morgan fingerprint density at radius 1 is 1.21 bits per heavy atom. The Balaban J connectivity index is 1.60. The van der Waals surface area contributed by atoms with Crippen LogP contribution in [0.5, 0.6) is 5.75 Å². The number of hydrogen-bond donors (Lipinski definition) is 2. The Morgan fingerprint density at radius 2 is 1.93 bits per heavy atom. The maximum atomic E-state index is 12.9. The average molecular weight is 386 g/mol. The summed E-state index contributed by atoms with van der Waals surface area (Å²) in [6.45, 7) is 9.04. The second-order valence-corrected chi connectivity index (χ2v) is 7.70. The lowest BCUT2D eigenvalue weighted by Gasteiger charge is -2.34. The fraction of sp³-hybridized carbons (Fsp3) is 0.524. The summed E-state index contributed by atoms with van der Waals surface area (Å²) >= 11 is 0. The van der Waals surface area contributed by atoms with E-state index in [1.165, 1.54) is 0 Å². The smallest absolute Gasteiger partial charge is 0.234 e. The van der Waals surface area contributed by atoms with Gasteiger partial charge in [0.25, 0.3) is 0 Å². The number of carbonyl (C=O) groups excluding carboxylic acids is 2. The van der Waals surface area contributed by atoms with Crippen LogP contribution in [0.4, 0.5) is 0 Å². The van der Waals surface area contributed by atoms with E-state index in [2.05, 4.69) is 15.2 Å². The minimum Gasteiger partial charge on any atom is -0.497 e. The maximum absolute atomic E-state index is 12.9. The van der Waals surface area contributed by atoms with Crippen molar-refractivity contribution in [3.8, 4) is 5.75 Å². The van der Waals surface area contributed by atoms with Crippen LogP contribution in [-0.4, -0.2) is 72.5 Å². The van der Waals surface area contributed by atoms with Crippen LogP contribution in [0, 0.1) is 6.92 Å². The first-order chi connectivity index (χ1) is 13.4. The van der Waals surface area contributed by atoms with E-state index in [1.54, 1.807) is 7.11 Å². The first-order valence-corrected chi connectivity index (χ1v) is 9.82. The average Bonchev–Trinajstić information content (AvgIpc) is 2.96. The van der Waals surface area contributed by atoms with Gasteiger partial charge in [-0.05, 0) is 44.5 Å². The lowest BCUT2D eigenvalue weighted by atomic mass is 10.1. The molecule has 152 valence electrons. The van der Waals surface area contributed by atoms with Gasteiger partial charge in [-0.1, -0.05) is 0 Å². The molecule has 7 heteroatoms. The fourth-order valence-corrected chi connectivity index (χ4v) is 3.71. The Morgan fingerprint density at radius 3 is 2.57 bits per heavy atom. The molecule has 0 atom stereocenters. The first kappa shape index (κ1) is 20.2. The number of nitrogens with zero attached hydrogens (tertiary/aromatic N) is 2. The molecule has 0 saturated carbocycles. The maximum Gasteiger partial charge on any atom is 0.234 e. The van der Waals surface area contributed by atoms with Gasteiger partial charge in [-0.3, -0.25) is 14.5 Å². The van der Waals surface area contributed by atoms with E-state index in [4.69, 9.17) is 4.74 Å². The summed E-state index contributed by atoms with van der Waals surface area (Å²) in [7, 11) is 1.65. The van der Waals surface area contributed by atoms with Crippen molar-refractivity contribution in [1.29, 1.82) is 0 Å². The number of benzene rings is 1. The zero-order valence-electron chi connectivity index (χ0n) is 17.2. The van der Waals surface area contributed by atoms with Crippen molar-refractivity contribution in [2.24, 2.45) is 0 Å². The predicted molar refractivity (Wildman–Crippen MR) is 110 cm³/mol. The van der Waals surface area contributed by atoms with Crippen molar-refractivity contribution < 1.29 is 14.3 Å². The fourth-order valence-electron chi connectivity index (χ4n) is 3.71. The van der Waals surface area contributed by atoms with Crippen molar-refractivity contribution in [2.75, 3.05) is 39.8 Å². The zero-order valence-corrected chi connectivity index (χ0v) is 17.2. The van der Waals surface area contributed by atoms with Crippen molar-refractivity contribution in [1.82, 2.24) is 20.1 Å². The zero-order chi connectivity index (χ0) is 20.3. The summed E-state index contributed by atoms with van der Waals surface area (Å²) in [5.41, 5.74) is 3.06. The first-order valence-electron chi connectivity index (χ1n) is 9.82. The van der Waals surface area contributed by atoms with Crippen LogP contribution in [0.3, 0.4) is 0 Å². The second-order valence-electron chi connectivity index (χ2n) is 7.70. The molecule has 0 radical (unpaired) electrons. The molecule has 1 aromatic carbocycles. The van der Waals surface area contributed by atoms with E-state index < -0.39 is 0 Å². The van der Waals surface area contributed by atoms with Crippen LogP contribution < -0.4 is 10.1 Å². The van der Waals surface area contributed by atoms with Crippen molar-refractivity contribution in [2.45, 2.75) is 33.2 Å². The minimum absolute atomic E-state index is 0.0399. The molecule has 28 heavy (non-hydrogen) atoms. The standard InChI is InChI=1S/C21H30N4O3/c1-14(2)22-20(26)13-24-7-9-25(10-8-24)21(27)12-17-15(3)23-19-6-5-16(28-4)11-18(17)19/h5-6,11,14,23H,7-10,12-13H2,1-4H3,(H,22,26). The number of carbonyl (C=O) groups is 2. The van der Waals surface area contributed by atoms with Gasteiger partial charge >= 0.3 is 0 Å². The van der Waals surface area contributed by atoms with Crippen LogP contribution >= 0.6 is 0 Å². The molecular formula is C21H30N4O3. The molecule has 1 aliphatic rings. The molecule has 0 bridgehead atoms. The highest BCUT2D eigenvalue weighted by molar-refractivity contribution is 5.91. The van der Waals surface area contributed by atoms with Crippen molar-refractivity contribution in [3.63, 3.8) is 0 Å². The number of ether oxygens (including phenoxy) is 1. The Kier molecular flexibility index (Phi) is 6.24.